The first-order chi connectivity index (χ1) is 7.00. The molecule has 0 saturated carbocycles. The van der Waals surface area contributed by atoms with E-state index in [1.54, 1.807) is 0 Å². The fraction of sp³-hybridized carbons (Fsp3) is 0.286. The third kappa shape index (κ3) is 6.24. The van der Waals surface area contributed by atoms with Crippen molar-refractivity contribution in [3.63, 3.8) is 0 Å². The molecule has 1 rings (SSSR count). The summed E-state index contributed by atoms with van der Waals surface area (Å²) in [5.74, 6) is 0. The van der Waals surface area contributed by atoms with Gasteiger partial charge in [-0.2, -0.15) is 0 Å². The second-order valence-electron chi connectivity index (χ2n) is 3.26. The highest BCUT2D eigenvalue weighted by Crippen LogP contribution is 2.00. The maximum Gasteiger partial charge on any atom is -0.0166 e. The van der Waals surface area contributed by atoms with E-state index >= 15 is 0 Å². The van der Waals surface area contributed by atoms with Crippen molar-refractivity contribution in [2.75, 3.05) is 0 Å². The van der Waals surface area contributed by atoms with E-state index in [0.717, 1.165) is 6.42 Å². The first kappa shape index (κ1) is 10.8. The molecular weight excluding hydrogens is 168 g/mol. The van der Waals surface area contributed by atoms with Gasteiger partial charge in [-0.3, -0.25) is 0 Å². The van der Waals surface area contributed by atoms with Gasteiger partial charge in [0.15, 0.2) is 0 Å². The summed E-state index contributed by atoms with van der Waals surface area (Å²) in [6.45, 7) is 0. The summed E-state index contributed by atoms with van der Waals surface area (Å²) < 4.78 is 0. The van der Waals surface area contributed by atoms with Crippen LogP contribution in [-0.4, -0.2) is 0 Å². The molecule has 0 aromatic rings. The molecule has 0 N–H and O–H groups in total. The van der Waals surface area contributed by atoms with Crippen LogP contribution < -0.4 is 0 Å². The van der Waals surface area contributed by atoms with Gasteiger partial charge in [-0.1, -0.05) is 60.8 Å². The molecule has 0 aromatic heterocycles. The molecule has 0 fully saturated rings. The Hall–Kier alpha value is -1.30. The standard InChI is InChI=1S/C14H18/c1-2-4-6-8-10-12-14-13-11-9-7-5-3-1/h1-8,11,13H,9-10,12,14H2/b3-1-,4-2+,7-5+,8-6+,13-11?. The number of rotatable bonds is 0. The Labute approximate surface area is 87.0 Å². The van der Waals surface area contributed by atoms with Crippen molar-refractivity contribution in [3.05, 3.63) is 60.8 Å². The molecule has 14 heavy (non-hydrogen) atoms. The number of allylic oxidation sites excluding steroid dienone is 10. The van der Waals surface area contributed by atoms with Crippen LogP contribution in [0.2, 0.25) is 0 Å². The van der Waals surface area contributed by atoms with E-state index < -0.39 is 0 Å². The minimum Gasteiger partial charge on any atom is -0.0882 e. The van der Waals surface area contributed by atoms with Crippen LogP contribution in [0.5, 0.6) is 0 Å². The van der Waals surface area contributed by atoms with E-state index in [0.29, 0.717) is 0 Å². The van der Waals surface area contributed by atoms with Crippen molar-refractivity contribution in [2.45, 2.75) is 25.7 Å². The normalized spacial score (nSPS) is 27.4. The van der Waals surface area contributed by atoms with Gasteiger partial charge in [0, 0.05) is 0 Å². The monoisotopic (exact) mass is 186 g/mol. The largest absolute Gasteiger partial charge is 0.0882 e. The molecular formula is C14H18. The molecule has 0 nitrogen and oxygen atoms in total. The molecule has 0 amide bonds. The molecule has 0 saturated heterocycles. The van der Waals surface area contributed by atoms with Gasteiger partial charge in [0.1, 0.15) is 0 Å². The number of hydrogen-bond acceptors (Lipinski definition) is 0. The summed E-state index contributed by atoms with van der Waals surface area (Å²) in [4.78, 5) is 0. The highest BCUT2D eigenvalue weighted by atomic mass is 13.9. The minimum atomic E-state index is 1.05. The minimum absolute atomic E-state index is 1.05. The quantitative estimate of drug-likeness (QED) is 0.494. The van der Waals surface area contributed by atoms with E-state index in [2.05, 4.69) is 60.8 Å². The first-order valence-electron chi connectivity index (χ1n) is 5.30. The Kier molecular flexibility index (Phi) is 6.39. The summed E-state index contributed by atoms with van der Waals surface area (Å²) >= 11 is 0. The van der Waals surface area contributed by atoms with Crippen LogP contribution in [0.25, 0.3) is 0 Å². The van der Waals surface area contributed by atoms with Crippen LogP contribution in [0.1, 0.15) is 25.7 Å². The molecule has 0 aliphatic heterocycles. The lowest BCUT2D eigenvalue weighted by atomic mass is 10.2. The highest BCUT2D eigenvalue weighted by molar-refractivity contribution is 5.15. The maximum absolute atomic E-state index is 2.27. The van der Waals surface area contributed by atoms with E-state index in [1.165, 1.54) is 19.3 Å². The Bertz CT molecular complexity index is 262. The van der Waals surface area contributed by atoms with Crippen LogP contribution in [0.4, 0.5) is 0 Å². The average Bonchev–Trinajstić information content (AvgIpc) is 2.22. The van der Waals surface area contributed by atoms with E-state index in [9.17, 15) is 0 Å². The van der Waals surface area contributed by atoms with E-state index in [1.807, 2.05) is 0 Å². The fourth-order valence-corrected chi connectivity index (χ4v) is 1.23. The summed E-state index contributed by atoms with van der Waals surface area (Å²) in [6.07, 6.45) is 26.0. The van der Waals surface area contributed by atoms with Gasteiger partial charge in [0.05, 0.1) is 0 Å². The van der Waals surface area contributed by atoms with Gasteiger partial charge >= 0.3 is 0 Å². The molecule has 0 bridgehead atoms. The van der Waals surface area contributed by atoms with Gasteiger partial charge in [-0.05, 0) is 25.7 Å². The zero-order valence-corrected chi connectivity index (χ0v) is 8.60. The van der Waals surface area contributed by atoms with Crippen LogP contribution in [-0.2, 0) is 0 Å². The SMILES string of the molecule is C1=CCCC/C=C/C=C/C=C\C=C\C1. The van der Waals surface area contributed by atoms with Gasteiger partial charge in [0.2, 0.25) is 0 Å². The lowest BCUT2D eigenvalue weighted by molar-refractivity contribution is 0.866. The smallest absolute Gasteiger partial charge is 0.0166 e. The van der Waals surface area contributed by atoms with Crippen molar-refractivity contribution in [2.24, 2.45) is 0 Å². The lowest BCUT2D eigenvalue weighted by Crippen LogP contribution is -1.69. The van der Waals surface area contributed by atoms with Crippen molar-refractivity contribution in [1.82, 2.24) is 0 Å². The maximum atomic E-state index is 2.27. The Morgan fingerprint density at radius 2 is 1.14 bits per heavy atom. The molecule has 0 spiro atoms. The van der Waals surface area contributed by atoms with Crippen LogP contribution in [0.3, 0.4) is 0 Å². The summed E-state index contributed by atoms with van der Waals surface area (Å²) in [5, 5.41) is 0. The summed E-state index contributed by atoms with van der Waals surface area (Å²) in [6, 6.07) is 0. The summed E-state index contributed by atoms with van der Waals surface area (Å²) in [5.41, 5.74) is 0. The molecule has 74 valence electrons. The molecule has 0 heterocycles. The Morgan fingerprint density at radius 1 is 0.500 bits per heavy atom. The second kappa shape index (κ2) is 8.31. The molecule has 1 aliphatic rings. The van der Waals surface area contributed by atoms with Gasteiger partial charge < -0.3 is 0 Å². The molecule has 0 unspecified atom stereocenters. The van der Waals surface area contributed by atoms with Crippen LogP contribution >= 0.6 is 0 Å². The predicted octanol–water partition coefficient (Wildman–Crippen LogP) is 4.34. The van der Waals surface area contributed by atoms with Gasteiger partial charge in [0.25, 0.3) is 0 Å². The van der Waals surface area contributed by atoms with Crippen molar-refractivity contribution < 1.29 is 0 Å². The van der Waals surface area contributed by atoms with Crippen LogP contribution in [0.15, 0.2) is 60.8 Å². The fourth-order valence-electron chi connectivity index (χ4n) is 1.23. The zero-order valence-electron chi connectivity index (χ0n) is 8.60. The first-order valence-corrected chi connectivity index (χ1v) is 5.30. The third-order valence-electron chi connectivity index (χ3n) is 2.01. The van der Waals surface area contributed by atoms with E-state index in [-0.39, 0.29) is 0 Å². The third-order valence-corrected chi connectivity index (χ3v) is 2.01. The van der Waals surface area contributed by atoms with Crippen molar-refractivity contribution >= 4 is 0 Å². The van der Waals surface area contributed by atoms with E-state index in [4.69, 9.17) is 0 Å². The molecule has 0 atom stereocenters. The lowest BCUT2D eigenvalue weighted by Gasteiger charge is -1.89. The highest BCUT2D eigenvalue weighted by Gasteiger charge is 1.79. The topological polar surface area (TPSA) is 0 Å². The Morgan fingerprint density at radius 3 is 2.00 bits per heavy atom. The van der Waals surface area contributed by atoms with Crippen molar-refractivity contribution in [1.29, 1.82) is 0 Å². The molecule has 0 heteroatoms. The number of hydrogen-bond donors (Lipinski definition) is 0. The average molecular weight is 186 g/mol. The molecule has 0 aromatic carbocycles. The van der Waals surface area contributed by atoms with Crippen molar-refractivity contribution in [3.8, 4) is 0 Å². The van der Waals surface area contributed by atoms with Gasteiger partial charge in [-0.25, -0.2) is 0 Å². The Balaban J connectivity index is 2.46. The summed E-state index contributed by atoms with van der Waals surface area (Å²) in [7, 11) is 0. The molecule has 0 radical (unpaired) electrons. The zero-order chi connectivity index (χ0) is 9.90. The molecule has 1 aliphatic carbocycles. The second-order valence-corrected chi connectivity index (χ2v) is 3.26. The predicted molar refractivity (Wildman–Crippen MR) is 64.2 cm³/mol. The van der Waals surface area contributed by atoms with Crippen LogP contribution in [0, 0.1) is 0 Å². The van der Waals surface area contributed by atoms with Gasteiger partial charge in [-0.15, -0.1) is 0 Å².